The van der Waals surface area contributed by atoms with Crippen molar-refractivity contribution < 1.29 is 14.6 Å². The molecule has 0 fully saturated rings. The molecule has 0 bridgehead atoms. The molecule has 3 heteroatoms. The maximum absolute atomic E-state index is 10.5. The number of hydrogen-bond acceptors (Lipinski definition) is 3. The van der Waals surface area contributed by atoms with Crippen LogP contribution in [0.25, 0.3) is 0 Å². The molecule has 3 nitrogen and oxygen atoms in total. The molecule has 0 radical (unpaired) electrons. The van der Waals surface area contributed by atoms with Gasteiger partial charge in [0, 0.05) is 17.2 Å². The molecule has 130 valence electrons. The molecule has 0 saturated heterocycles. The van der Waals surface area contributed by atoms with Gasteiger partial charge in [0.15, 0.2) is 0 Å². The molecule has 1 atom stereocenters. The van der Waals surface area contributed by atoms with Gasteiger partial charge in [-0.2, -0.15) is 0 Å². The second-order valence-electron chi connectivity index (χ2n) is 5.77. The number of phenols is 1. The largest absolute Gasteiger partial charge is 0.507 e. The van der Waals surface area contributed by atoms with E-state index < -0.39 is 0 Å². The first-order chi connectivity index (χ1) is 12.7. The quantitative estimate of drug-likeness (QED) is 0.704. The third-order valence-electron chi connectivity index (χ3n) is 4.13. The Bertz CT molecular complexity index is 919. The zero-order chi connectivity index (χ0) is 18.4. The fraction of sp³-hybridized carbons (Fsp3) is 0.130. The van der Waals surface area contributed by atoms with Crippen LogP contribution in [-0.2, 0) is 0 Å². The van der Waals surface area contributed by atoms with Crippen LogP contribution in [0.3, 0.4) is 0 Å². The van der Waals surface area contributed by atoms with Gasteiger partial charge >= 0.3 is 0 Å². The molecule has 0 spiro atoms. The number of aromatic hydroxyl groups is 1. The minimum atomic E-state index is -0.271. The van der Waals surface area contributed by atoms with Gasteiger partial charge in [0.25, 0.3) is 0 Å². The SMILES string of the molecule is COc1ccc([C@@H](C#Cc2ccccc2)c2ccc(OC)cc2O)cc1. The minimum absolute atomic E-state index is 0.160. The molecular formula is C23H20O3. The van der Waals surface area contributed by atoms with Gasteiger partial charge in [-0.1, -0.05) is 48.2 Å². The average Bonchev–Trinajstić information content (AvgIpc) is 2.70. The third-order valence-corrected chi connectivity index (χ3v) is 4.13. The number of methoxy groups -OCH3 is 2. The smallest absolute Gasteiger partial charge is 0.124 e. The summed E-state index contributed by atoms with van der Waals surface area (Å²) >= 11 is 0. The van der Waals surface area contributed by atoms with Gasteiger partial charge < -0.3 is 14.6 Å². The minimum Gasteiger partial charge on any atom is -0.507 e. The van der Waals surface area contributed by atoms with E-state index in [-0.39, 0.29) is 11.7 Å². The third kappa shape index (κ3) is 3.99. The van der Waals surface area contributed by atoms with Gasteiger partial charge in [0.2, 0.25) is 0 Å². The van der Waals surface area contributed by atoms with Crippen molar-refractivity contribution in [3.05, 3.63) is 89.5 Å². The van der Waals surface area contributed by atoms with Crippen molar-refractivity contribution in [3.8, 4) is 29.1 Å². The van der Waals surface area contributed by atoms with E-state index >= 15 is 0 Å². The summed E-state index contributed by atoms with van der Waals surface area (Å²) in [5.74, 6) is 7.77. The van der Waals surface area contributed by atoms with Gasteiger partial charge in [0.1, 0.15) is 17.2 Å². The molecule has 3 aromatic rings. The molecule has 0 unspecified atom stereocenters. The normalized spacial score (nSPS) is 11.2. The number of benzene rings is 3. The molecule has 0 amide bonds. The Morgan fingerprint density at radius 2 is 1.46 bits per heavy atom. The molecule has 3 rings (SSSR count). The van der Waals surface area contributed by atoms with E-state index in [1.165, 1.54) is 0 Å². The summed E-state index contributed by atoms with van der Waals surface area (Å²) in [6, 6.07) is 22.8. The Morgan fingerprint density at radius 1 is 0.808 bits per heavy atom. The first kappa shape index (κ1) is 17.4. The van der Waals surface area contributed by atoms with Crippen molar-refractivity contribution in [2.24, 2.45) is 0 Å². The number of ether oxygens (including phenoxy) is 2. The summed E-state index contributed by atoms with van der Waals surface area (Å²) in [4.78, 5) is 0. The Kier molecular flexibility index (Phi) is 5.46. The first-order valence-corrected chi connectivity index (χ1v) is 8.28. The van der Waals surface area contributed by atoms with Gasteiger partial charge in [-0.15, -0.1) is 0 Å². The Hall–Kier alpha value is -3.38. The highest BCUT2D eigenvalue weighted by Gasteiger charge is 2.16. The lowest BCUT2D eigenvalue weighted by Crippen LogP contribution is -2.00. The fourth-order valence-corrected chi connectivity index (χ4v) is 2.71. The predicted molar refractivity (Wildman–Crippen MR) is 103 cm³/mol. The molecular weight excluding hydrogens is 324 g/mol. The van der Waals surface area contributed by atoms with Crippen LogP contribution in [0.15, 0.2) is 72.8 Å². The highest BCUT2D eigenvalue weighted by Crippen LogP contribution is 2.34. The predicted octanol–water partition coefficient (Wildman–Crippen LogP) is 4.59. The van der Waals surface area contributed by atoms with Crippen LogP contribution in [-0.4, -0.2) is 19.3 Å². The van der Waals surface area contributed by atoms with Crippen LogP contribution in [0.2, 0.25) is 0 Å². The summed E-state index contributed by atoms with van der Waals surface area (Å²) in [5, 5.41) is 10.5. The van der Waals surface area contributed by atoms with E-state index in [0.717, 1.165) is 22.4 Å². The summed E-state index contributed by atoms with van der Waals surface area (Å²) in [6.45, 7) is 0. The molecule has 0 aliphatic heterocycles. The molecule has 0 aromatic heterocycles. The van der Waals surface area contributed by atoms with Crippen molar-refractivity contribution in [2.75, 3.05) is 14.2 Å². The van der Waals surface area contributed by atoms with Gasteiger partial charge in [-0.05, 0) is 35.9 Å². The summed E-state index contributed by atoms with van der Waals surface area (Å²) < 4.78 is 10.4. The molecule has 0 heterocycles. The number of phenolic OH excluding ortho intramolecular Hbond substituents is 1. The van der Waals surface area contributed by atoms with E-state index in [1.54, 1.807) is 20.3 Å². The lowest BCUT2D eigenvalue weighted by Gasteiger charge is -2.15. The van der Waals surface area contributed by atoms with E-state index in [4.69, 9.17) is 9.47 Å². The molecule has 1 N–H and O–H groups in total. The van der Waals surface area contributed by atoms with Crippen molar-refractivity contribution >= 4 is 0 Å². The second kappa shape index (κ2) is 8.13. The Labute approximate surface area is 153 Å². The van der Waals surface area contributed by atoms with E-state index in [9.17, 15) is 5.11 Å². The monoisotopic (exact) mass is 344 g/mol. The van der Waals surface area contributed by atoms with E-state index in [2.05, 4.69) is 11.8 Å². The van der Waals surface area contributed by atoms with E-state index in [0.29, 0.717) is 5.75 Å². The average molecular weight is 344 g/mol. The first-order valence-electron chi connectivity index (χ1n) is 8.28. The van der Waals surface area contributed by atoms with Crippen LogP contribution < -0.4 is 9.47 Å². The van der Waals surface area contributed by atoms with Crippen molar-refractivity contribution in [2.45, 2.75) is 5.92 Å². The Morgan fingerprint density at radius 3 is 2.08 bits per heavy atom. The summed E-state index contributed by atoms with van der Waals surface area (Å²) in [7, 11) is 3.21. The van der Waals surface area contributed by atoms with Crippen molar-refractivity contribution in [3.63, 3.8) is 0 Å². The maximum atomic E-state index is 10.5. The Balaban J connectivity index is 2.05. The molecule has 0 aliphatic carbocycles. The second-order valence-corrected chi connectivity index (χ2v) is 5.77. The van der Waals surface area contributed by atoms with Crippen LogP contribution in [0.1, 0.15) is 22.6 Å². The molecule has 0 aliphatic rings. The topological polar surface area (TPSA) is 38.7 Å². The van der Waals surface area contributed by atoms with Crippen LogP contribution in [0.5, 0.6) is 17.2 Å². The van der Waals surface area contributed by atoms with Crippen LogP contribution >= 0.6 is 0 Å². The highest BCUT2D eigenvalue weighted by atomic mass is 16.5. The molecule has 0 saturated carbocycles. The number of hydrogen-bond donors (Lipinski definition) is 1. The maximum Gasteiger partial charge on any atom is 0.124 e. The standard InChI is InChI=1S/C23H20O3/c1-25-19-11-9-18(10-12-19)21(14-8-17-6-4-3-5-7-17)22-15-13-20(26-2)16-23(22)24/h3-7,9-13,15-16,21,24H,1-2H3/t21-/m1/s1. The lowest BCUT2D eigenvalue weighted by atomic mass is 9.90. The van der Waals surface area contributed by atoms with Crippen LogP contribution in [0.4, 0.5) is 0 Å². The van der Waals surface area contributed by atoms with Gasteiger partial charge in [0.05, 0.1) is 20.1 Å². The zero-order valence-corrected chi connectivity index (χ0v) is 14.8. The van der Waals surface area contributed by atoms with Crippen LogP contribution in [0, 0.1) is 11.8 Å². The van der Waals surface area contributed by atoms with Crippen molar-refractivity contribution in [1.29, 1.82) is 0 Å². The van der Waals surface area contributed by atoms with Gasteiger partial charge in [-0.25, -0.2) is 0 Å². The fourth-order valence-electron chi connectivity index (χ4n) is 2.71. The summed E-state index contributed by atoms with van der Waals surface area (Å²) in [5.41, 5.74) is 2.65. The van der Waals surface area contributed by atoms with Crippen molar-refractivity contribution in [1.82, 2.24) is 0 Å². The zero-order valence-electron chi connectivity index (χ0n) is 14.8. The lowest BCUT2D eigenvalue weighted by molar-refractivity contribution is 0.406. The number of rotatable bonds is 4. The molecule has 3 aromatic carbocycles. The molecule has 26 heavy (non-hydrogen) atoms. The highest BCUT2D eigenvalue weighted by molar-refractivity contribution is 5.51. The van der Waals surface area contributed by atoms with E-state index in [1.807, 2.05) is 66.7 Å². The summed E-state index contributed by atoms with van der Waals surface area (Å²) in [6.07, 6.45) is 0. The van der Waals surface area contributed by atoms with Gasteiger partial charge in [-0.3, -0.25) is 0 Å².